The summed E-state index contributed by atoms with van der Waals surface area (Å²) in [5.41, 5.74) is 3.13. The van der Waals surface area contributed by atoms with E-state index >= 15 is 0 Å². The molecular weight excluding hydrogens is 412 g/mol. The van der Waals surface area contributed by atoms with Crippen molar-refractivity contribution in [1.82, 2.24) is 14.5 Å². The first kappa shape index (κ1) is 20.8. The number of benzene rings is 2. The minimum atomic E-state index is 0.216. The number of para-hydroxylation sites is 3. The van der Waals surface area contributed by atoms with Gasteiger partial charge in [-0.2, -0.15) is 0 Å². The number of ether oxygens (including phenoxy) is 2. The molecule has 2 heterocycles. The minimum absolute atomic E-state index is 0.216. The maximum Gasteiger partial charge on any atom is 0.229 e. The summed E-state index contributed by atoms with van der Waals surface area (Å²) in [4.78, 5) is 13.0. The average Bonchev–Trinajstić information content (AvgIpc) is 3.50. The van der Waals surface area contributed by atoms with E-state index in [1.165, 1.54) is 12.8 Å². The zero-order valence-electron chi connectivity index (χ0n) is 18.4. The summed E-state index contributed by atoms with van der Waals surface area (Å²) in [7, 11) is 1.66. The predicted molar refractivity (Wildman–Crippen MR) is 130 cm³/mol. The summed E-state index contributed by atoms with van der Waals surface area (Å²) in [6.45, 7) is 7.58. The smallest absolute Gasteiger partial charge is 0.229 e. The van der Waals surface area contributed by atoms with Gasteiger partial charge in [-0.15, -0.1) is 0 Å². The molecule has 0 saturated heterocycles. The number of hydrogen-bond donors (Lipinski definition) is 0. The molecule has 6 heteroatoms. The Morgan fingerprint density at radius 1 is 1.03 bits per heavy atom. The summed E-state index contributed by atoms with van der Waals surface area (Å²) >= 11 is 0. The third kappa shape index (κ3) is 4.06. The molecule has 1 aliphatic carbocycles. The Hall–Kier alpha value is -4.11. The van der Waals surface area contributed by atoms with Crippen LogP contribution in [0.2, 0.25) is 0 Å². The van der Waals surface area contributed by atoms with Gasteiger partial charge in [0.1, 0.15) is 11.6 Å². The second-order valence-electron chi connectivity index (χ2n) is 7.99. The molecule has 0 spiro atoms. The predicted octanol–water partition coefficient (Wildman–Crippen LogP) is 6.47. The second-order valence-corrected chi connectivity index (χ2v) is 7.99. The SMILES string of the molecule is [C-]#[N+]c1cccnc1-n1c(C=Cc2cccc(OC)c2OC2CCCC2)nc2ccccc21. The number of nitrogens with zero attached hydrogens (tertiary/aromatic N) is 4. The number of pyridine rings is 1. The fourth-order valence-electron chi connectivity index (χ4n) is 4.32. The van der Waals surface area contributed by atoms with Crippen molar-refractivity contribution in [3.8, 4) is 17.3 Å². The Morgan fingerprint density at radius 3 is 2.70 bits per heavy atom. The monoisotopic (exact) mass is 436 g/mol. The lowest BCUT2D eigenvalue weighted by Crippen LogP contribution is -2.12. The van der Waals surface area contributed by atoms with Crippen molar-refractivity contribution < 1.29 is 9.47 Å². The summed E-state index contributed by atoms with van der Waals surface area (Å²) in [5, 5.41) is 0. The first-order chi connectivity index (χ1) is 16.3. The highest BCUT2D eigenvalue weighted by molar-refractivity contribution is 5.84. The summed E-state index contributed by atoms with van der Waals surface area (Å²) < 4.78 is 13.9. The molecule has 6 nitrogen and oxygen atoms in total. The number of rotatable bonds is 6. The molecule has 2 aromatic heterocycles. The van der Waals surface area contributed by atoms with Gasteiger partial charge >= 0.3 is 0 Å². The quantitative estimate of drug-likeness (QED) is 0.325. The van der Waals surface area contributed by atoms with Crippen LogP contribution in [0.25, 0.3) is 33.8 Å². The van der Waals surface area contributed by atoms with Crippen LogP contribution in [0.5, 0.6) is 11.5 Å². The van der Waals surface area contributed by atoms with Crippen LogP contribution in [0.15, 0.2) is 60.8 Å². The van der Waals surface area contributed by atoms with Gasteiger partial charge in [0.05, 0.1) is 30.8 Å². The maximum atomic E-state index is 7.58. The fraction of sp³-hybridized carbons (Fsp3) is 0.222. The fourth-order valence-corrected chi connectivity index (χ4v) is 4.32. The second kappa shape index (κ2) is 9.17. The Labute approximate surface area is 193 Å². The molecule has 0 radical (unpaired) electrons. The van der Waals surface area contributed by atoms with Crippen LogP contribution >= 0.6 is 0 Å². The van der Waals surface area contributed by atoms with Gasteiger partial charge in [-0.3, -0.25) is 9.55 Å². The average molecular weight is 437 g/mol. The summed E-state index contributed by atoms with van der Waals surface area (Å²) in [6, 6.07) is 17.3. The molecule has 1 saturated carbocycles. The van der Waals surface area contributed by atoms with E-state index in [2.05, 4.69) is 9.83 Å². The standard InChI is InChI=1S/C27H24N4O2/c1-28-22-13-8-18-29-27(22)31-23-14-6-5-12-21(23)30-25(31)17-16-19-9-7-15-24(32-2)26(19)33-20-10-3-4-11-20/h5-9,12-18,20H,3-4,10-11H2,2H3. The van der Waals surface area contributed by atoms with Crippen LogP contribution in [-0.4, -0.2) is 27.7 Å². The van der Waals surface area contributed by atoms with Crippen LogP contribution in [0, 0.1) is 6.57 Å². The molecule has 0 N–H and O–H groups in total. The van der Waals surface area contributed by atoms with Crippen molar-refractivity contribution in [1.29, 1.82) is 0 Å². The molecule has 0 atom stereocenters. The highest BCUT2D eigenvalue weighted by Crippen LogP contribution is 2.36. The van der Waals surface area contributed by atoms with Gasteiger partial charge in [0.15, 0.2) is 11.5 Å². The van der Waals surface area contributed by atoms with Crippen molar-refractivity contribution in [3.05, 3.63) is 83.6 Å². The first-order valence-electron chi connectivity index (χ1n) is 11.1. The molecule has 0 aliphatic heterocycles. The van der Waals surface area contributed by atoms with E-state index in [1.807, 2.05) is 59.2 Å². The minimum Gasteiger partial charge on any atom is -0.493 e. The zero-order chi connectivity index (χ0) is 22.6. The van der Waals surface area contributed by atoms with Crippen LogP contribution in [-0.2, 0) is 0 Å². The highest BCUT2D eigenvalue weighted by atomic mass is 16.5. The first-order valence-corrected chi connectivity index (χ1v) is 11.1. The highest BCUT2D eigenvalue weighted by Gasteiger charge is 2.20. The zero-order valence-corrected chi connectivity index (χ0v) is 18.4. The molecule has 2 aromatic carbocycles. The van der Waals surface area contributed by atoms with Gasteiger partial charge < -0.3 is 9.47 Å². The van der Waals surface area contributed by atoms with E-state index in [0.717, 1.165) is 40.9 Å². The van der Waals surface area contributed by atoms with Gasteiger partial charge in [0.25, 0.3) is 0 Å². The maximum absolute atomic E-state index is 7.58. The number of aromatic nitrogens is 3. The van der Waals surface area contributed by atoms with E-state index in [9.17, 15) is 0 Å². The van der Waals surface area contributed by atoms with Crippen LogP contribution in [0.1, 0.15) is 37.1 Å². The van der Waals surface area contributed by atoms with Gasteiger partial charge in [-0.05, 0) is 56.0 Å². The van der Waals surface area contributed by atoms with E-state index < -0.39 is 0 Å². The Bertz CT molecular complexity index is 1360. The molecular formula is C27H24N4O2. The van der Waals surface area contributed by atoms with Crippen molar-refractivity contribution in [2.24, 2.45) is 0 Å². The lowest BCUT2D eigenvalue weighted by atomic mass is 10.1. The molecule has 1 fully saturated rings. The van der Waals surface area contributed by atoms with Crippen LogP contribution in [0.4, 0.5) is 5.69 Å². The van der Waals surface area contributed by atoms with E-state index in [1.54, 1.807) is 25.4 Å². The molecule has 164 valence electrons. The van der Waals surface area contributed by atoms with Crippen molar-refractivity contribution >= 4 is 28.9 Å². The van der Waals surface area contributed by atoms with E-state index in [0.29, 0.717) is 17.3 Å². The van der Waals surface area contributed by atoms with Gasteiger partial charge in [0, 0.05) is 11.8 Å². The van der Waals surface area contributed by atoms with Gasteiger partial charge in [0.2, 0.25) is 5.69 Å². The molecule has 33 heavy (non-hydrogen) atoms. The van der Waals surface area contributed by atoms with Crippen LogP contribution in [0.3, 0.4) is 0 Å². The Balaban J connectivity index is 1.61. The number of imidazole rings is 1. The van der Waals surface area contributed by atoms with Gasteiger partial charge in [-0.25, -0.2) is 9.83 Å². The molecule has 1 aliphatic rings. The normalized spacial score (nSPS) is 14.1. The molecule has 5 rings (SSSR count). The summed E-state index contributed by atoms with van der Waals surface area (Å²) in [6.07, 6.45) is 10.4. The number of methoxy groups -OCH3 is 1. The lowest BCUT2D eigenvalue weighted by Gasteiger charge is -2.18. The van der Waals surface area contributed by atoms with Gasteiger partial charge in [-0.1, -0.05) is 36.4 Å². The van der Waals surface area contributed by atoms with Crippen molar-refractivity contribution in [3.63, 3.8) is 0 Å². The van der Waals surface area contributed by atoms with Crippen LogP contribution < -0.4 is 9.47 Å². The Morgan fingerprint density at radius 2 is 1.88 bits per heavy atom. The Kier molecular flexibility index (Phi) is 5.77. The largest absolute Gasteiger partial charge is 0.493 e. The van der Waals surface area contributed by atoms with Crippen molar-refractivity contribution in [2.45, 2.75) is 31.8 Å². The van der Waals surface area contributed by atoms with Crippen molar-refractivity contribution in [2.75, 3.05) is 7.11 Å². The van der Waals surface area contributed by atoms with E-state index in [-0.39, 0.29) is 6.10 Å². The molecule has 0 bridgehead atoms. The van der Waals surface area contributed by atoms with E-state index in [4.69, 9.17) is 21.0 Å². The third-order valence-electron chi connectivity index (χ3n) is 5.91. The number of fused-ring (bicyclic) bond motifs is 1. The molecule has 0 amide bonds. The third-order valence-corrected chi connectivity index (χ3v) is 5.91. The number of hydrogen-bond acceptors (Lipinski definition) is 4. The summed E-state index contributed by atoms with van der Waals surface area (Å²) in [5.74, 6) is 2.73. The molecule has 4 aromatic rings. The topological polar surface area (TPSA) is 53.5 Å². The molecule has 0 unspecified atom stereocenters. The lowest BCUT2D eigenvalue weighted by molar-refractivity contribution is 0.200.